The minimum atomic E-state index is -0.0449. The van der Waals surface area contributed by atoms with Crippen LogP contribution in [0.4, 0.5) is 5.69 Å². The van der Waals surface area contributed by atoms with Gasteiger partial charge in [0, 0.05) is 12.5 Å². The highest BCUT2D eigenvalue weighted by Gasteiger charge is 2.10. The molecule has 0 radical (unpaired) electrons. The predicted molar refractivity (Wildman–Crippen MR) is 92.4 cm³/mol. The fourth-order valence-electron chi connectivity index (χ4n) is 2.50. The molecule has 0 bridgehead atoms. The highest BCUT2D eigenvalue weighted by atomic mass is 16.5. The molecule has 4 heteroatoms. The third kappa shape index (κ3) is 4.49. The Morgan fingerprint density at radius 1 is 1.04 bits per heavy atom. The first-order valence-electron chi connectivity index (χ1n) is 7.61. The molecule has 0 saturated heterocycles. The van der Waals surface area contributed by atoms with Crippen LogP contribution in [0.1, 0.15) is 23.1 Å². The van der Waals surface area contributed by atoms with Crippen LogP contribution in [0.2, 0.25) is 0 Å². The Morgan fingerprint density at radius 3 is 2.48 bits per heavy atom. The summed E-state index contributed by atoms with van der Waals surface area (Å²) in [7, 11) is 3.17. The van der Waals surface area contributed by atoms with Crippen LogP contribution in [0, 0.1) is 13.8 Å². The Bertz CT molecular complexity index is 695. The molecule has 0 saturated carbocycles. The van der Waals surface area contributed by atoms with Crippen molar-refractivity contribution in [2.45, 2.75) is 26.7 Å². The molecule has 4 nitrogen and oxygen atoms in total. The van der Waals surface area contributed by atoms with Gasteiger partial charge in [-0.25, -0.2) is 0 Å². The molecule has 2 rings (SSSR count). The Morgan fingerprint density at radius 2 is 1.83 bits per heavy atom. The van der Waals surface area contributed by atoms with Gasteiger partial charge in [-0.05, 0) is 43.5 Å². The lowest BCUT2D eigenvalue weighted by atomic mass is 10.0. The van der Waals surface area contributed by atoms with Crippen molar-refractivity contribution in [1.29, 1.82) is 0 Å². The smallest absolute Gasteiger partial charge is 0.224 e. The van der Waals surface area contributed by atoms with Crippen LogP contribution >= 0.6 is 0 Å². The van der Waals surface area contributed by atoms with Crippen molar-refractivity contribution in [3.63, 3.8) is 0 Å². The van der Waals surface area contributed by atoms with Gasteiger partial charge in [0.1, 0.15) is 11.5 Å². The van der Waals surface area contributed by atoms with Crippen LogP contribution in [0.5, 0.6) is 11.5 Å². The number of rotatable bonds is 6. The van der Waals surface area contributed by atoms with Crippen LogP contribution < -0.4 is 14.8 Å². The van der Waals surface area contributed by atoms with Crippen LogP contribution in [0.3, 0.4) is 0 Å². The molecule has 0 aromatic heterocycles. The molecule has 0 unspecified atom stereocenters. The van der Waals surface area contributed by atoms with Gasteiger partial charge >= 0.3 is 0 Å². The summed E-state index contributed by atoms with van der Waals surface area (Å²) >= 11 is 0. The molecule has 0 aliphatic carbocycles. The number of nitrogens with one attached hydrogen (secondary N) is 1. The van der Waals surface area contributed by atoms with Crippen LogP contribution in [0.15, 0.2) is 36.4 Å². The fraction of sp³-hybridized carbons (Fsp3) is 0.316. The highest BCUT2D eigenvalue weighted by Crippen LogP contribution is 2.29. The predicted octanol–water partition coefficient (Wildman–Crippen LogP) is 3.89. The van der Waals surface area contributed by atoms with E-state index in [4.69, 9.17) is 9.47 Å². The second-order valence-corrected chi connectivity index (χ2v) is 5.54. The average molecular weight is 313 g/mol. The highest BCUT2D eigenvalue weighted by molar-refractivity contribution is 5.92. The molecule has 2 aromatic rings. The quantitative estimate of drug-likeness (QED) is 0.880. The number of hydrogen-bond acceptors (Lipinski definition) is 3. The van der Waals surface area contributed by atoms with Gasteiger partial charge < -0.3 is 14.8 Å². The van der Waals surface area contributed by atoms with Crippen molar-refractivity contribution >= 4 is 11.6 Å². The zero-order valence-corrected chi connectivity index (χ0v) is 14.1. The van der Waals surface area contributed by atoms with Crippen molar-refractivity contribution in [3.8, 4) is 11.5 Å². The largest absolute Gasteiger partial charge is 0.497 e. The molecule has 0 heterocycles. The third-order valence-corrected chi connectivity index (χ3v) is 3.80. The van der Waals surface area contributed by atoms with Crippen molar-refractivity contribution < 1.29 is 14.3 Å². The zero-order chi connectivity index (χ0) is 16.8. The maximum atomic E-state index is 12.2. The lowest BCUT2D eigenvalue weighted by Crippen LogP contribution is -2.13. The second-order valence-electron chi connectivity index (χ2n) is 5.54. The van der Waals surface area contributed by atoms with Crippen molar-refractivity contribution in [3.05, 3.63) is 53.1 Å². The minimum absolute atomic E-state index is 0.0449. The molecule has 2 aromatic carbocycles. The van der Waals surface area contributed by atoms with E-state index in [1.165, 1.54) is 16.7 Å². The second kappa shape index (κ2) is 7.68. The number of hydrogen-bond donors (Lipinski definition) is 1. The fourth-order valence-corrected chi connectivity index (χ4v) is 2.50. The normalized spacial score (nSPS) is 10.3. The molecule has 0 aliphatic heterocycles. The lowest BCUT2D eigenvalue weighted by molar-refractivity contribution is -0.116. The van der Waals surface area contributed by atoms with E-state index in [2.05, 4.69) is 37.4 Å². The number of amides is 1. The van der Waals surface area contributed by atoms with Gasteiger partial charge in [0.2, 0.25) is 5.91 Å². The van der Waals surface area contributed by atoms with E-state index in [0.29, 0.717) is 30.0 Å². The molecule has 0 aliphatic rings. The third-order valence-electron chi connectivity index (χ3n) is 3.80. The van der Waals surface area contributed by atoms with Gasteiger partial charge in [0.25, 0.3) is 0 Å². The summed E-state index contributed by atoms with van der Waals surface area (Å²) in [6.45, 7) is 4.14. The number of ether oxygens (including phenoxy) is 2. The molecule has 0 fully saturated rings. The summed E-state index contributed by atoms with van der Waals surface area (Å²) in [6.07, 6.45) is 1.13. The first kappa shape index (κ1) is 16.9. The maximum Gasteiger partial charge on any atom is 0.224 e. The van der Waals surface area contributed by atoms with E-state index in [0.717, 1.165) is 0 Å². The Labute approximate surface area is 137 Å². The molecule has 23 heavy (non-hydrogen) atoms. The molecule has 1 amide bonds. The van der Waals surface area contributed by atoms with Gasteiger partial charge in [-0.15, -0.1) is 0 Å². The molecule has 122 valence electrons. The van der Waals surface area contributed by atoms with E-state index in [1.54, 1.807) is 32.4 Å². The summed E-state index contributed by atoms with van der Waals surface area (Å²) in [5, 5.41) is 2.89. The molecular formula is C19H23NO3. The summed E-state index contributed by atoms with van der Waals surface area (Å²) in [5.74, 6) is 1.25. The Kier molecular flexibility index (Phi) is 5.63. The standard InChI is InChI=1S/C19H23NO3/c1-13-5-6-15(14(2)11-13)7-10-19(21)20-17-12-16(22-3)8-9-18(17)23-4/h5-6,8-9,11-12H,7,10H2,1-4H3,(H,20,21). The first-order valence-corrected chi connectivity index (χ1v) is 7.61. The number of aryl methyl sites for hydroxylation is 3. The van der Waals surface area contributed by atoms with E-state index in [9.17, 15) is 4.79 Å². The molecule has 0 spiro atoms. The van der Waals surface area contributed by atoms with Gasteiger partial charge in [-0.3, -0.25) is 4.79 Å². The Balaban J connectivity index is 2.02. The van der Waals surface area contributed by atoms with E-state index in [-0.39, 0.29) is 5.91 Å². The van der Waals surface area contributed by atoms with Gasteiger partial charge in [-0.2, -0.15) is 0 Å². The number of anilines is 1. The summed E-state index contributed by atoms with van der Waals surface area (Å²) in [6, 6.07) is 11.6. The number of carbonyl (C=O) groups excluding carboxylic acids is 1. The summed E-state index contributed by atoms with van der Waals surface area (Å²) in [4.78, 5) is 12.2. The van der Waals surface area contributed by atoms with Crippen molar-refractivity contribution in [2.75, 3.05) is 19.5 Å². The Hall–Kier alpha value is -2.49. The van der Waals surface area contributed by atoms with Gasteiger partial charge in [-0.1, -0.05) is 23.8 Å². The van der Waals surface area contributed by atoms with E-state index >= 15 is 0 Å². The van der Waals surface area contributed by atoms with Crippen molar-refractivity contribution in [2.24, 2.45) is 0 Å². The van der Waals surface area contributed by atoms with Gasteiger partial charge in [0.15, 0.2) is 0 Å². The lowest BCUT2D eigenvalue weighted by Gasteiger charge is -2.12. The minimum Gasteiger partial charge on any atom is -0.497 e. The molecular weight excluding hydrogens is 290 g/mol. The van der Waals surface area contributed by atoms with E-state index in [1.807, 2.05) is 0 Å². The van der Waals surface area contributed by atoms with Gasteiger partial charge in [0.05, 0.1) is 19.9 Å². The molecule has 0 atom stereocenters. The average Bonchev–Trinajstić information content (AvgIpc) is 2.54. The monoisotopic (exact) mass is 313 g/mol. The number of methoxy groups -OCH3 is 2. The molecule has 1 N–H and O–H groups in total. The number of benzene rings is 2. The van der Waals surface area contributed by atoms with Crippen LogP contribution in [0.25, 0.3) is 0 Å². The van der Waals surface area contributed by atoms with Crippen LogP contribution in [-0.4, -0.2) is 20.1 Å². The van der Waals surface area contributed by atoms with E-state index < -0.39 is 0 Å². The summed E-state index contributed by atoms with van der Waals surface area (Å²) in [5.41, 5.74) is 4.27. The zero-order valence-electron chi connectivity index (χ0n) is 14.1. The topological polar surface area (TPSA) is 47.6 Å². The SMILES string of the molecule is COc1ccc(OC)c(NC(=O)CCc2ccc(C)cc2C)c1. The first-order chi connectivity index (χ1) is 11.0. The number of carbonyl (C=O) groups is 1. The maximum absolute atomic E-state index is 12.2. The summed E-state index contributed by atoms with van der Waals surface area (Å²) < 4.78 is 10.5. The van der Waals surface area contributed by atoms with Crippen LogP contribution in [-0.2, 0) is 11.2 Å². The van der Waals surface area contributed by atoms with Crippen molar-refractivity contribution in [1.82, 2.24) is 0 Å².